The molecule has 10 radical (unpaired) electrons. The molecule has 0 aliphatic heterocycles. The van der Waals surface area contributed by atoms with E-state index in [-0.39, 0.29) is 17.1 Å². The van der Waals surface area contributed by atoms with Crippen molar-refractivity contribution in [1.29, 1.82) is 0 Å². The minimum absolute atomic E-state index is 0. The maximum atomic E-state index is 4.61. The van der Waals surface area contributed by atoms with Gasteiger partial charge in [0.05, 0.1) is 23.2 Å². The van der Waals surface area contributed by atoms with Crippen molar-refractivity contribution in [3.05, 3.63) is 166 Å². The van der Waals surface area contributed by atoms with E-state index in [1.54, 1.807) is 0 Å². The summed E-state index contributed by atoms with van der Waals surface area (Å²) >= 11 is 1.23. The molecule has 0 saturated heterocycles. The van der Waals surface area contributed by atoms with Gasteiger partial charge in [0, 0.05) is 22.6 Å². The fourth-order valence-corrected chi connectivity index (χ4v) is 5.08. The summed E-state index contributed by atoms with van der Waals surface area (Å²) in [7, 11) is 0. The molecule has 0 bridgehead atoms. The topological polar surface area (TPSA) is 29.0 Å². The molecule has 0 spiro atoms. The van der Waals surface area contributed by atoms with Crippen LogP contribution in [0, 0.1) is 75.5 Å². The first-order chi connectivity index (χ1) is 19.9. The monoisotopic (exact) mass is 587 g/mol. The number of hydrogen-bond acceptors (Lipinski definition) is 4. The Bertz CT molecular complexity index is 1530. The number of para-hydroxylation sites is 2. The first-order valence-corrected chi connectivity index (χ1v) is 13.8. The molecule has 2 fully saturated rings. The predicted octanol–water partition coefficient (Wildman–Crippen LogP) is 8.60. The molecule has 1 aromatic heterocycles. The average Bonchev–Trinajstić information content (AvgIpc) is 3.83. The van der Waals surface area contributed by atoms with E-state index in [1.807, 2.05) is 76.0 Å². The van der Waals surface area contributed by atoms with Gasteiger partial charge < -0.3 is 4.90 Å². The Labute approximate surface area is 258 Å². The van der Waals surface area contributed by atoms with Crippen LogP contribution in [0.3, 0.4) is 0 Å². The minimum Gasteiger partial charge on any atom is -0.311 e. The van der Waals surface area contributed by atoms with Crippen LogP contribution < -0.4 is 4.90 Å². The number of benzene rings is 4. The normalized spacial score (nSPS) is 14.4. The molecule has 0 amide bonds. The molecule has 4 aromatic carbocycles. The van der Waals surface area contributed by atoms with Gasteiger partial charge in [-0.05, 0) is 106 Å². The van der Waals surface area contributed by atoms with Crippen molar-refractivity contribution in [3.63, 3.8) is 0 Å². The summed E-state index contributed by atoms with van der Waals surface area (Å²) in [5.74, 6) is 7.48. The van der Waals surface area contributed by atoms with Gasteiger partial charge in [0.15, 0.2) is 0 Å². The van der Waals surface area contributed by atoms with Crippen molar-refractivity contribution >= 4 is 39.8 Å². The zero-order chi connectivity index (χ0) is 27.0. The summed E-state index contributed by atoms with van der Waals surface area (Å²) in [6.07, 6.45) is 18.0. The van der Waals surface area contributed by atoms with Gasteiger partial charge in [-0.2, -0.15) is 8.75 Å². The van der Waals surface area contributed by atoms with E-state index < -0.39 is 0 Å². The van der Waals surface area contributed by atoms with Crippen molar-refractivity contribution < 1.29 is 17.1 Å². The third-order valence-electron chi connectivity index (χ3n) is 6.44. The van der Waals surface area contributed by atoms with Gasteiger partial charge in [-0.15, -0.1) is 0 Å². The molecule has 0 unspecified atom stereocenters. The molecule has 0 N–H and O–H groups in total. The Balaban J connectivity index is 0.000000510. The van der Waals surface area contributed by atoms with Gasteiger partial charge >= 0.3 is 17.1 Å². The molecule has 2 aliphatic carbocycles. The van der Waals surface area contributed by atoms with Gasteiger partial charge in [-0.1, -0.05) is 66.4 Å². The summed E-state index contributed by atoms with van der Waals surface area (Å²) in [6.45, 7) is 0. The second-order valence-corrected chi connectivity index (χ2v) is 9.59. The first kappa shape index (κ1) is 29.1. The smallest absolute Gasteiger partial charge is 0.311 e. The molecule has 3 nitrogen and oxygen atoms in total. The number of aromatic nitrogens is 2. The second kappa shape index (κ2) is 14.5. The zero-order valence-electron chi connectivity index (χ0n) is 22.0. The second-order valence-electron chi connectivity index (χ2n) is 9.06. The van der Waals surface area contributed by atoms with Crippen LogP contribution in [-0.2, 0) is 17.1 Å². The van der Waals surface area contributed by atoms with Crippen molar-refractivity contribution in [2.24, 2.45) is 0 Å². The molecule has 5 heteroatoms. The third-order valence-corrected chi connectivity index (χ3v) is 6.97. The van der Waals surface area contributed by atoms with Crippen LogP contribution in [-0.4, -0.2) is 8.75 Å². The molecule has 196 valence electrons. The summed E-state index contributed by atoms with van der Waals surface area (Å²) in [4.78, 5) is 2.26. The molecule has 2 aliphatic rings. The number of hydrogen-bond donors (Lipinski definition) is 0. The number of anilines is 3. The summed E-state index contributed by atoms with van der Waals surface area (Å²) in [5.41, 5.74) is 8.13. The zero-order valence-corrected chi connectivity index (χ0v) is 24.0. The Kier molecular flexibility index (Phi) is 10.3. The Hall–Kier alpha value is -3.42. The predicted molar refractivity (Wildman–Crippen MR) is 166 cm³/mol. The average molecular weight is 588 g/mol. The maximum Gasteiger partial charge on any atom is 2.00 e. The van der Waals surface area contributed by atoms with Crippen LogP contribution >= 0.6 is 11.7 Å². The molecule has 1 heterocycles. The quantitative estimate of drug-likeness (QED) is 0.156. The number of fused-ring (bicyclic) bond motifs is 1. The maximum absolute atomic E-state index is 4.61. The van der Waals surface area contributed by atoms with Crippen LogP contribution in [0.2, 0.25) is 0 Å². The van der Waals surface area contributed by atoms with Gasteiger partial charge in [0.25, 0.3) is 0 Å². The summed E-state index contributed by atoms with van der Waals surface area (Å²) < 4.78 is 9.16. The molecule has 5 aromatic rings. The van der Waals surface area contributed by atoms with E-state index in [1.165, 1.54) is 11.7 Å². The van der Waals surface area contributed by atoms with Crippen molar-refractivity contribution in [3.8, 4) is 23.0 Å². The summed E-state index contributed by atoms with van der Waals surface area (Å²) in [6, 6.07) is 33.6. The van der Waals surface area contributed by atoms with Gasteiger partial charge in [0.1, 0.15) is 11.0 Å². The fraction of sp³-hybridized carbons (Fsp3) is 0. The molecule has 7 rings (SSSR count). The molecular weight excluding hydrogens is 562 g/mol. The van der Waals surface area contributed by atoms with E-state index in [4.69, 9.17) is 0 Å². The van der Waals surface area contributed by atoms with E-state index in [0.717, 1.165) is 50.7 Å². The van der Waals surface area contributed by atoms with Crippen LogP contribution in [0.1, 0.15) is 5.56 Å². The van der Waals surface area contributed by atoms with Crippen LogP contribution in [0.15, 0.2) is 97.1 Å². The molecule has 41 heavy (non-hydrogen) atoms. The Morgan fingerprint density at radius 3 is 1.63 bits per heavy atom. The van der Waals surface area contributed by atoms with E-state index in [9.17, 15) is 0 Å². The van der Waals surface area contributed by atoms with E-state index in [2.05, 4.69) is 104 Å². The Morgan fingerprint density at radius 1 is 0.512 bits per heavy atom. The summed E-state index contributed by atoms with van der Waals surface area (Å²) in [5, 5.41) is 0. The number of nitrogens with zero attached hydrogens (tertiary/aromatic N) is 3. The van der Waals surface area contributed by atoms with Crippen molar-refractivity contribution in [1.82, 2.24) is 8.75 Å². The largest absolute Gasteiger partial charge is 2.00 e. The number of rotatable bonds is 4. The van der Waals surface area contributed by atoms with Crippen LogP contribution in [0.5, 0.6) is 0 Å². The van der Waals surface area contributed by atoms with Crippen molar-refractivity contribution in [2.75, 3.05) is 4.90 Å². The standard InChI is InChI=1S/C31H20N3S.C5H5.Fe/c1-3-11-26(12-4-1)34(27-13-5-2-6-14-27)28-20-17-24(18-21-28)29-22-19-25(30-31(29)33-35-32-30)16-15-23-9-7-8-10-23;1-2-4-5-3-1;/h1-14,17-22H;1-5H;/q;;+2. The van der Waals surface area contributed by atoms with Crippen LogP contribution in [0.4, 0.5) is 17.1 Å². The third kappa shape index (κ3) is 7.08. The molecule has 0 atom stereocenters. The van der Waals surface area contributed by atoms with Crippen molar-refractivity contribution in [2.45, 2.75) is 0 Å². The van der Waals surface area contributed by atoms with Gasteiger partial charge in [-0.25, -0.2) is 0 Å². The Morgan fingerprint density at radius 2 is 1.05 bits per heavy atom. The van der Waals surface area contributed by atoms with Crippen LogP contribution in [0.25, 0.3) is 22.2 Å². The fourth-order valence-electron chi connectivity index (χ4n) is 4.51. The van der Waals surface area contributed by atoms with Gasteiger partial charge in [-0.3, -0.25) is 0 Å². The molecular formula is C36H25FeN3S+2. The minimum atomic E-state index is 0. The van der Waals surface area contributed by atoms with E-state index in [0.29, 0.717) is 0 Å². The van der Waals surface area contributed by atoms with E-state index >= 15 is 0 Å². The molecule has 2 saturated carbocycles. The first-order valence-electron chi connectivity index (χ1n) is 13.0. The van der Waals surface area contributed by atoms with Gasteiger partial charge in [0.2, 0.25) is 0 Å². The SMILES string of the molecule is C(#Cc1ccc(-c2ccc(N(c3ccccc3)c3ccccc3)cc2)c2nsnc12)[C]1[CH][CH][CH][CH]1.[CH]1[CH][CH][CH][CH]1.[Fe+2].